The van der Waals surface area contributed by atoms with E-state index in [9.17, 15) is 14.5 Å². The van der Waals surface area contributed by atoms with Crippen LogP contribution in [-0.4, -0.2) is 24.2 Å². The third-order valence-corrected chi connectivity index (χ3v) is 3.49. The van der Waals surface area contributed by atoms with E-state index < -0.39 is 10.7 Å². The first-order valence-electron chi connectivity index (χ1n) is 6.92. The van der Waals surface area contributed by atoms with Crippen LogP contribution in [0.1, 0.15) is 31.2 Å². The van der Waals surface area contributed by atoms with Crippen LogP contribution >= 0.6 is 0 Å². The van der Waals surface area contributed by atoms with Crippen LogP contribution in [0.15, 0.2) is 18.2 Å². The number of ether oxygens (including phenoxy) is 1. The van der Waals surface area contributed by atoms with E-state index in [0.717, 1.165) is 18.9 Å². The molecular formula is C14H19FN2O3. The SMILES string of the molecule is O=[N+]([O-])c1ccc(F)cc1CNCCOC1CCCC1. The van der Waals surface area contributed by atoms with Gasteiger partial charge in [-0.1, -0.05) is 12.8 Å². The molecule has 1 aliphatic carbocycles. The summed E-state index contributed by atoms with van der Waals surface area (Å²) in [4.78, 5) is 10.3. The Morgan fingerprint density at radius 1 is 1.40 bits per heavy atom. The molecule has 0 bridgehead atoms. The number of rotatable bonds is 7. The van der Waals surface area contributed by atoms with Crippen LogP contribution in [0.25, 0.3) is 0 Å². The maximum Gasteiger partial charge on any atom is 0.274 e. The molecule has 0 unspecified atom stereocenters. The van der Waals surface area contributed by atoms with Gasteiger partial charge in [-0.15, -0.1) is 0 Å². The van der Waals surface area contributed by atoms with Crippen LogP contribution in [0.3, 0.4) is 0 Å². The summed E-state index contributed by atoms with van der Waals surface area (Å²) in [5.74, 6) is -0.463. The lowest BCUT2D eigenvalue weighted by Crippen LogP contribution is -2.22. The highest BCUT2D eigenvalue weighted by molar-refractivity contribution is 5.40. The Morgan fingerprint density at radius 2 is 2.15 bits per heavy atom. The van der Waals surface area contributed by atoms with Crippen LogP contribution in [-0.2, 0) is 11.3 Å². The van der Waals surface area contributed by atoms with Gasteiger partial charge in [0.05, 0.1) is 17.6 Å². The highest BCUT2D eigenvalue weighted by atomic mass is 19.1. The largest absolute Gasteiger partial charge is 0.377 e. The monoisotopic (exact) mass is 282 g/mol. The number of hydrogen-bond acceptors (Lipinski definition) is 4. The Balaban J connectivity index is 1.75. The minimum Gasteiger partial charge on any atom is -0.377 e. The highest BCUT2D eigenvalue weighted by Gasteiger charge is 2.15. The van der Waals surface area contributed by atoms with E-state index in [1.54, 1.807) is 0 Å². The lowest BCUT2D eigenvalue weighted by molar-refractivity contribution is -0.385. The van der Waals surface area contributed by atoms with E-state index >= 15 is 0 Å². The van der Waals surface area contributed by atoms with E-state index in [1.165, 1.54) is 25.0 Å². The number of nitro benzene ring substituents is 1. The molecule has 0 amide bonds. The van der Waals surface area contributed by atoms with Gasteiger partial charge in [0.2, 0.25) is 0 Å². The summed E-state index contributed by atoms with van der Waals surface area (Å²) in [5.41, 5.74) is 0.298. The van der Waals surface area contributed by atoms with Gasteiger partial charge in [-0.25, -0.2) is 4.39 Å². The summed E-state index contributed by atoms with van der Waals surface area (Å²) in [6, 6.07) is 3.50. The van der Waals surface area contributed by atoms with Crippen molar-refractivity contribution in [1.82, 2.24) is 5.32 Å². The maximum absolute atomic E-state index is 13.1. The lowest BCUT2D eigenvalue weighted by Gasteiger charge is -2.11. The predicted octanol–water partition coefficient (Wildman–Crippen LogP) is 2.78. The quantitative estimate of drug-likeness (QED) is 0.474. The molecule has 2 rings (SSSR count). The molecule has 1 N–H and O–H groups in total. The number of benzene rings is 1. The molecule has 6 heteroatoms. The number of nitro groups is 1. The first kappa shape index (κ1) is 14.9. The first-order valence-corrected chi connectivity index (χ1v) is 6.92. The predicted molar refractivity (Wildman–Crippen MR) is 73.0 cm³/mol. The van der Waals surface area contributed by atoms with Gasteiger partial charge in [0.15, 0.2) is 0 Å². The maximum atomic E-state index is 13.1. The van der Waals surface area contributed by atoms with Crippen LogP contribution < -0.4 is 5.32 Å². The summed E-state index contributed by atoms with van der Waals surface area (Å²) >= 11 is 0. The van der Waals surface area contributed by atoms with E-state index in [4.69, 9.17) is 4.74 Å². The fraction of sp³-hybridized carbons (Fsp3) is 0.571. The van der Waals surface area contributed by atoms with Crippen molar-refractivity contribution in [2.75, 3.05) is 13.2 Å². The molecule has 0 aromatic heterocycles. The number of nitrogens with zero attached hydrogens (tertiary/aromatic N) is 1. The highest BCUT2D eigenvalue weighted by Crippen LogP contribution is 2.21. The van der Waals surface area contributed by atoms with E-state index in [1.807, 2.05) is 0 Å². The smallest absolute Gasteiger partial charge is 0.274 e. The molecule has 0 heterocycles. The minimum absolute atomic E-state index is 0.0596. The van der Waals surface area contributed by atoms with Gasteiger partial charge in [-0.2, -0.15) is 0 Å². The summed E-state index contributed by atoms with van der Waals surface area (Å²) in [6.45, 7) is 1.44. The van der Waals surface area contributed by atoms with Gasteiger partial charge in [0.25, 0.3) is 5.69 Å². The summed E-state index contributed by atoms with van der Waals surface area (Å²) < 4.78 is 18.8. The normalized spacial score (nSPS) is 15.7. The molecule has 0 spiro atoms. The molecule has 1 aliphatic rings. The fourth-order valence-electron chi connectivity index (χ4n) is 2.45. The first-order chi connectivity index (χ1) is 9.66. The minimum atomic E-state index is -0.495. The second-order valence-corrected chi connectivity index (χ2v) is 4.98. The summed E-state index contributed by atoms with van der Waals surface area (Å²) in [5, 5.41) is 13.9. The van der Waals surface area contributed by atoms with E-state index in [2.05, 4.69) is 5.32 Å². The van der Waals surface area contributed by atoms with Crippen molar-refractivity contribution >= 4 is 5.69 Å². The lowest BCUT2D eigenvalue weighted by atomic mass is 10.1. The topological polar surface area (TPSA) is 64.4 Å². The Morgan fingerprint density at radius 3 is 2.85 bits per heavy atom. The van der Waals surface area contributed by atoms with Gasteiger partial charge >= 0.3 is 0 Å². The number of halogens is 1. The van der Waals surface area contributed by atoms with Gasteiger partial charge < -0.3 is 10.1 Å². The van der Waals surface area contributed by atoms with Gasteiger partial charge in [0, 0.05) is 24.7 Å². The second-order valence-electron chi connectivity index (χ2n) is 4.98. The average Bonchev–Trinajstić information content (AvgIpc) is 2.91. The van der Waals surface area contributed by atoms with Gasteiger partial charge in [-0.3, -0.25) is 10.1 Å². The van der Waals surface area contributed by atoms with Crippen molar-refractivity contribution in [3.63, 3.8) is 0 Å². The summed E-state index contributed by atoms with van der Waals surface area (Å²) in [7, 11) is 0. The van der Waals surface area contributed by atoms with Gasteiger partial charge in [0.1, 0.15) is 5.82 Å². The molecule has 1 aromatic rings. The molecule has 5 nitrogen and oxygen atoms in total. The van der Waals surface area contributed by atoms with Crippen LogP contribution in [0.4, 0.5) is 10.1 Å². The van der Waals surface area contributed by atoms with Crippen molar-refractivity contribution in [3.05, 3.63) is 39.7 Å². The van der Waals surface area contributed by atoms with Crippen LogP contribution in [0.5, 0.6) is 0 Å². The van der Waals surface area contributed by atoms with E-state index in [0.29, 0.717) is 24.8 Å². The van der Waals surface area contributed by atoms with Gasteiger partial charge in [-0.05, 0) is 25.0 Å². The van der Waals surface area contributed by atoms with Crippen molar-refractivity contribution < 1.29 is 14.1 Å². The molecule has 110 valence electrons. The molecule has 20 heavy (non-hydrogen) atoms. The van der Waals surface area contributed by atoms with Crippen molar-refractivity contribution in [3.8, 4) is 0 Å². The van der Waals surface area contributed by atoms with Crippen LogP contribution in [0.2, 0.25) is 0 Å². The molecule has 1 fully saturated rings. The third-order valence-electron chi connectivity index (χ3n) is 3.49. The molecule has 1 saturated carbocycles. The molecule has 0 aliphatic heterocycles. The molecular weight excluding hydrogens is 263 g/mol. The Labute approximate surface area is 117 Å². The summed E-state index contributed by atoms with van der Waals surface area (Å²) in [6.07, 6.45) is 5.06. The Bertz CT molecular complexity index is 462. The number of nitrogens with one attached hydrogen (secondary N) is 1. The zero-order chi connectivity index (χ0) is 14.4. The standard InChI is InChI=1S/C14H19FN2O3/c15-12-5-6-14(17(18)19)11(9-12)10-16-7-8-20-13-3-1-2-4-13/h5-6,9,13,16H,1-4,7-8,10H2. The van der Waals surface area contributed by atoms with Crippen molar-refractivity contribution in [1.29, 1.82) is 0 Å². The molecule has 0 saturated heterocycles. The molecule has 0 atom stereocenters. The zero-order valence-electron chi connectivity index (χ0n) is 11.3. The van der Waals surface area contributed by atoms with Crippen molar-refractivity contribution in [2.24, 2.45) is 0 Å². The van der Waals surface area contributed by atoms with E-state index in [-0.39, 0.29) is 12.2 Å². The Kier molecular flexibility index (Phi) is 5.43. The van der Waals surface area contributed by atoms with Crippen LogP contribution in [0, 0.1) is 15.9 Å². The average molecular weight is 282 g/mol. The fourth-order valence-corrected chi connectivity index (χ4v) is 2.45. The van der Waals surface area contributed by atoms with Crippen molar-refractivity contribution in [2.45, 2.75) is 38.3 Å². The number of hydrogen-bond donors (Lipinski definition) is 1. The molecule has 0 radical (unpaired) electrons. The Hall–Kier alpha value is -1.53. The second kappa shape index (κ2) is 7.31. The third kappa shape index (κ3) is 4.25. The molecule has 1 aromatic carbocycles. The zero-order valence-corrected chi connectivity index (χ0v) is 11.3.